The molecule has 146 valence electrons. The van der Waals surface area contributed by atoms with E-state index in [1.165, 1.54) is 25.0 Å². The van der Waals surface area contributed by atoms with Gasteiger partial charge in [-0.05, 0) is 68.4 Å². The average molecular weight is 381 g/mol. The molecular weight excluding hydrogens is 357 g/mol. The number of aryl methyl sites for hydroxylation is 1. The van der Waals surface area contributed by atoms with E-state index in [0.29, 0.717) is 23.6 Å². The van der Waals surface area contributed by atoms with Crippen molar-refractivity contribution in [2.75, 3.05) is 26.2 Å². The van der Waals surface area contributed by atoms with Crippen molar-refractivity contribution in [2.24, 2.45) is 7.05 Å². The molecule has 1 aliphatic rings. The van der Waals surface area contributed by atoms with Crippen molar-refractivity contribution in [3.8, 4) is 17.1 Å². The van der Waals surface area contributed by atoms with Crippen molar-refractivity contribution in [1.29, 1.82) is 0 Å². The number of rotatable bonds is 6. The topological polar surface area (TPSA) is 55.1 Å². The number of carbonyl (C=O) groups is 1. The summed E-state index contributed by atoms with van der Waals surface area (Å²) in [6, 6.07) is 11.6. The number of amides is 1. The Balaban J connectivity index is 1.60. The van der Waals surface area contributed by atoms with E-state index in [2.05, 4.69) is 15.3 Å². The van der Waals surface area contributed by atoms with Crippen LogP contribution in [0.5, 0.6) is 0 Å². The Hall–Kier alpha value is -2.93. The molecule has 0 atom stereocenters. The highest BCUT2D eigenvalue weighted by molar-refractivity contribution is 5.94. The molecule has 7 heteroatoms. The van der Waals surface area contributed by atoms with Gasteiger partial charge in [0.1, 0.15) is 17.2 Å². The highest BCUT2D eigenvalue weighted by Gasteiger charge is 2.19. The average Bonchev–Trinajstić information content (AvgIpc) is 3.42. The van der Waals surface area contributed by atoms with Gasteiger partial charge in [-0.2, -0.15) is 5.10 Å². The second kappa shape index (κ2) is 7.98. The summed E-state index contributed by atoms with van der Waals surface area (Å²) in [5.74, 6) is -0.508. The standard InChI is InChI=1S/C21H24FN5O/c1-25-11-4-5-19(25)18-15-20(21(28)23-10-14-26-12-2-3-13-26)27(24-18)17-8-6-16(22)7-9-17/h4-9,11,15H,2-3,10,12-14H2,1H3,(H,23,28). The van der Waals surface area contributed by atoms with Crippen molar-refractivity contribution in [1.82, 2.24) is 24.6 Å². The summed E-state index contributed by atoms with van der Waals surface area (Å²) in [6.45, 7) is 3.63. The molecule has 0 spiro atoms. The van der Waals surface area contributed by atoms with Crippen molar-refractivity contribution in [3.05, 3.63) is 60.2 Å². The largest absolute Gasteiger partial charge is 0.349 e. The molecule has 6 nitrogen and oxygen atoms in total. The maximum absolute atomic E-state index is 13.3. The van der Waals surface area contributed by atoms with Crippen LogP contribution in [0.15, 0.2) is 48.7 Å². The smallest absolute Gasteiger partial charge is 0.270 e. The minimum absolute atomic E-state index is 0.184. The Morgan fingerprint density at radius 3 is 2.61 bits per heavy atom. The number of benzene rings is 1. The van der Waals surface area contributed by atoms with E-state index < -0.39 is 0 Å². The Kier molecular flexibility index (Phi) is 5.25. The number of likely N-dealkylation sites (tertiary alicyclic amines) is 1. The fraction of sp³-hybridized carbons (Fsp3) is 0.333. The molecule has 1 aliphatic heterocycles. The van der Waals surface area contributed by atoms with Crippen LogP contribution in [0.25, 0.3) is 17.1 Å². The van der Waals surface area contributed by atoms with Crippen molar-refractivity contribution >= 4 is 5.91 Å². The summed E-state index contributed by atoms with van der Waals surface area (Å²) in [4.78, 5) is 15.2. The van der Waals surface area contributed by atoms with Gasteiger partial charge >= 0.3 is 0 Å². The fourth-order valence-corrected chi connectivity index (χ4v) is 3.60. The van der Waals surface area contributed by atoms with Gasteiger partial charge in [-0.25, -0.2) is 9.07 Å². The van der Waals surface area contributed by atoms with E-state index in [-0.39, 0.29) is 11.7 Å². The Morgan fingerprint density at radius 1 is 1.18 bits per heavy atom. The van der Waals surface area contributed by atoms with Crippen molar-refractivity contribution in [3.63, 3.8) is 0 Å². The zero-order valence-electron chi connectivity index (χ0n) is 15.9. The lowest BCUT2D eigenvalue weighted by molar-refractivity contribution is 0.0942. The van der Waals surface area contributed by atoms with Crippen LogP contribution in [0, 0.1) is 5.82 Å². The molecule has 3 aromatic rings. The summed E-state index contributed by atoms with van der Waals surface area (Å²) in [5.41, 5.74) is 2.68. The lowest BCUT2D eigenvalue weighted by atomic mass is 10.2. The predicted octanol–water partition coefficient (Wildman–Crippen LogP) is 2.84. The van der Waals surface area contributed by atoms with Gasteiger partial charge in [-0.1, -0.05) is 0 Å². The molecule has 1 fully saturated rings. The van der Waals surface area contributed by atoms with E-state index in [4.69, 9.17) is 0 Å². The van der Waals surface area contributed by atoms with Crippen LogP contribution in [0.3, 0.4) is 0 Å². The van der Waals surface area contributed by atoms with Gasteiger partial charge in [-0.15, -0.1) is 0 Å². The van der Waals surface area contributed by atoms with Crippen LogP contribution in [-0.4, -0.2) is 51.3 Å². The zero-order chi connectivity index (χ0) is 19.5. The van der Waals surface area contributed by atoms with Crippen LogP contribution in [-0.2, 0) is 7.05 Å². The summed E-state index contributed by atoms with van der Waals surface area (Å²) >= 11 is 0. The van der Waals surface area contributed by atoms with Crippen LogP contribution >= 0.6 is 0 Å². The first kappa shape index (κ1) is 18.4. The Labute approximate surface area is 163 Å². The number of hydrogen-bond acceptors (Lipinski definition) is 3. The number of carbonyl (C=O) groups excluding carboxylic acids is 1. The monoisotopic (exact) mass is 381 g/mol. The van der Waals surface area contributed by atoms with Crippen LogP contribution in [0.2, 0.25) is 0 Å². The molecule has 0 bridgehead atoms. The Morgan fingerprint density at radius 2 is 1.93 bits per heavy atom. The van der Waals surface area contributed by atoms with E-state index >= 15 is 0 Å². The third-order valence-corrected chi connectivity index (χ3v) is 5.13. The van der Waals surface area contributed by atoms with E-state index in [1.807, 2.05) is 29.9 Å². The first-order valence-corrected chi connectivity index (χ1v) is 9.60. The zero-order valence-corrected chi connectivity index (χ0v) is 15.9. The van der Waals surface area contributed by atoms with Crippen LogP contribution in [0.4, 0.5) is 4.39 Å². The molecule has 4 rings (SSSR count). The molecule has 1 N–H and O–H groups in total. The molecule has 0 unspecified atom stereocenters. The molecule has 1 aromatic carbocycles. The first-order chi connectivity index (χ1) is 13.6. The van der Waals surface area contributed by atoms with Gasteiger partial charge in [0.15, 0.2) is 0 Å². The highest BCUT2D eigenvalue weighted by atomic mass is 19.1. The van der Waals surface area contributed by atoms with E-state index in [9.17, 15) is 9.18 Å². The molecule has 1 saturated heterocycles. The van der Waals surface area contributed by atoms with Gasteiger partial charge in [0, 0.05) is 26.3 Å². The fourth-order valence-electron chi connectivity index (χ4n) is 3.60. The van der Waals surface area contributed by atoms with Crippen molar-refractivity contribution in [2.45, 2.75) is 12.8 Å². The number of nitrogens with zero attached hydrogens (tertiary/aromatic N) is 4. The van der Waals surface area contributed by atoms with Gasteiger partial charge < -0.3 is 14.8 Å². The molecule has 0 radical (unpaired) electrons. The molecule has 0 saturated carbocycles. The minimum Gasteiger partial charge on any atom is -0.349 e. The minimum atomic E-state index is -0.324. The number of aromatic nitrogens is 3. The maximum Gasteiger partial charge on any atom is 0.270 e. The lowest BCUT2D eigenvalue weighted by Crippen LogP contribution is -2.34. The molecule has 28 heavy (non-hydrogen) atoms. The van der Waals surface area contributed by atoms with Gasteiger partial charge in [0.25, 0.3) is 5.91 Å². The summed E-state index contributed by atoms with van der Waals surface area (Å²) in [5, 5.41) is 7.62. The maximum atomic E-state index is 13.3. The summed E-state index contributed by atoms with van der Waals surface area (Å²) in [6.07, 6.45) is 4.39. The van der Waals surface area contributed by atoms with E-state index in [0.717, 1.165) is 25.3 Å². The molecule has 0 aliphatic carbocycles. The Bertz CT molecular complexity index is 954. The summed E-state index contributed by atoms with van der Waals surface area (Å²) in [7, 11) is 1.93. The quantitative estimate of drug-likeness (QED) is 0.714. The van der Waals surface area contributed by atoms with Gasteiger partial charge in [-0.3, -0.25) is 4.79 Å². The highest BCUT2D eigenvalue weighted by Crippen LogP contribution is 2.22. The third-order valence-electron chi connectivity index (χ3n) is 5.13. The normalized spacial score (nSPS) is 14.5. The van der Waals surface area contributed by atoms with Gasteiger partial charge in [0.2, 0.25) is 0 Å². The molecule has 1 amide bonds. The lowest BCUT2D eigenvalue weighted by Gasteiger charge is -2.15. The second-order valence-electron chi connectivity index (χ2n) is 7.11. The third kappa shape index (κ3) is 3.84. The number of hydrogen-bond donors (Lipinski definition) is 1. The number of nitrogens with one attached hydrogen (secondary N) is 1. The SMILES string of the molecule is Cn1cccc1-c1cc(C(=O)NCCN2CCCC2)n(-c2ccc(F)cc2)n1. The van der Waals surface area contributed by atoms with Crippen LogP contribution in [0.1, 0.15) is 23.3 Å². The van der Waals surface area contributed by atoms with Crippen LogP contribution < -0.4 is 5.32 Å². The van der Waals surface area contributed by atoms with E-state index in [1.54, 1.807) is 22.9 Å². The second-order valence-corrected chi connectivity index (χ2v) is 7.11. The molecule has 2 aromatic heterocycles. The van der Waals surface area contributed by atoms with Gasteiger partial charge in [0.05, 0.1) is 11.4 Å². The molecule has 3 heterocycles. The predicted molar refractivity (Wildman–Crippen MR) is 106 cm³/mol. The first-order valence-electron chi connectivity index (χ1n) is 9.60. The summed E-state index contributed by atoms with van der Waals surface area (Å²) < 4.78 is 16.9. The van der Waals surface area contributed by atoms with Crippen molar-refractivity contribution < 1.29 is 9.18 Å². The molecular formula is C21H24FN5O. The number of halogens is 1.